The Morgan fingerprint density at radius 2 is 0.855 bits per heavy atom. The van der Waals surface area contributed by atoms with E-state index in [4.69, 9.17) is 37.9 Å². The van der Waals surface area contributed by atoms with Gasteiger partial charge in [0.25, 0.3) is 0 Å². The summed E-state index contributed by atoms with van der Waals surface area (Å²) in [4.78, 5) is 94.7. The van der Waals surface area contributed by atoms with Gasteiger partial charge in [0.2, 0.25) is 0 Å². The summed E-state index contributed by atoms with van der Waals surface area (Å²) in [5.41, 5.74) is -3.63. The fourth-order valence-electron chi connectivity index (χ4n) is 18.4. The van der Waals surface area contributed by atoms with Crippen molar-refractivity contribution in [2.24, 2.45) is 97.6 Å². The van der Waals surface area contributed by atoms with Crippen LogP contribution >= 0.6 is 0 Å². The van der Waals surface area contributed by atoms with Gasteiger partial charge in [0.1, 0.15) is 42.2 Å². The maximum Gasteiger partial charge on any atom is 0.508 e. The molecule has 117 heavy (non-hydrogen) atoms. The molecule has 13 aliphatic rings. The van der Waals surface area contributed by atoms with Crippen LogP contribution in [0, 0.1) is 97.6 Å². The van der Waals surface area contributed by atoms with Crippen LogP contribution in [0.1, 0.15) is 435 Å². The van der Waals surface area contributed by atoms with E-state index in [2.05, 4.69) is 46.3 Å². The number of carbonyl (C=O) groups excluding carboxylic acids is 8. The zero-order valence-electron chi connectivity index (χ0n) is 70.1. The molecule has 0 amide bonds. The van der Waals surface area contributed by atoms with Crippen molar-refractivity contribution in [3.63, 3.8) is 0 Å². The summed E-state index contributed by atoms with van der Waals surface area (Å²) in [6.07, 6.45) is 29.2. The molecule has 2 saturated heterocycles. The molecule has 0 radical (unpaired) electrons. The quantitative estimate of drug-likeness (QED) is 0.0457. The number of unbranched alkanes of at least 4 members (excludes halogenated alkanes) is 5. The second-order valence-corrected chi connectivity index (χ2v) is 38.8. The molecular formula is C99H196O18. The number of hydrogen-bond acceptors (Lipinski definition) is 18. The molecule has 2 aliphatic heterocycles. The first-order chi connectivity index (χ1) is 48.8. The summed E-state index contributed by atoms with van der Waals surface area (Å²) in [7, 11) is 0. The molecule has 0 spiro atoms. The van der Waals surface area contributed by atoms with E-state index >= 15 is 0 Å². The van der Waals surface area contributed by atoms with Crippen molar-refractivity contribution in [1.82, 2.24) is 0 Å². The first kappa shape index (κ1) is 126. The van der Waals surface area contributed by atoms with Crippen molar-refractivity contribution in [3.05, 3.63) is 0 Å². The molecule has 13 rings (SSSR count). The number of ether oxygens (including phenoxy) is 9. The smallest absolute Gasteiger partial charge is 0.465 e. The molecule has 1 N–H and O–H groups in total. The van der Waals surface area contributed by atoms with E-state index in [0.717, 1.165) is 102 Å². The van der Waals surface area contributed by atoms with Gasteiger partial charge < -0.3 is 47.7 Å². The summed E-state index contributed by atoms with van der Waals surface area (Å²) in [5, 5.41) is 10.6. The van der Waals surface area contributed by atoms with Gasteiger partial charge in [0, 0.05) is 18.3 Å². The number of cyclic esters (lactones) is 2. The second kappa shape index (κ2) is 51.6. The summed E-state index contributed by atoms with van der Waals surface area (Å²) >= 11 is 0. The Bertz CT molecular complexity index is 2850. The van der Waals surface area contributed by atoms with Gasteiger partial charge in [-0.2, -0.15) is 0 Å². The number of hydrogen-bond donors (Lipinski definition) is 1. The van der Waals surface area contributed by atoms with Gasteiger partial charge in [-0.3, -0.25) is 33.6 Å². The highest BCUT2D eigenvalue weighted by molar-refractivity contribution is 5.80. The van der Waals surface area contributed by atoms with E-state index in [9.17, 15) is 43.5 Å². The number of rotatable bonds is 27. The first-order valence-corrected chi connectivity index (χ1v) is 41.8. The Morgan fingerprint density at radius 1 is 0.453 bits per heavy atom. The highest BCUT2D eigenvalue weighted by atomic mass is 16.8. The minimum atomic E-state index is -0.703. The molecule has 700 valence electrons. The van der Waals surface area contributed by atoms with Crippen molar-refractivity contribution >= 4 is 47.9 Å². The molecule has 11 aliphatic carbocycles. The zero-order valence-corrected chi connectivity index (χ0v) is 70.1. The Kier molecular flexibility index (Phi) is 55.4. The molecule has 0 aromatic rings. The third-order valence-corrected chi connectivity index (χ3v) is 27.7. The van der Waals surface area contributed by atoms with E-state index in [-0.39, 0.29) is 195 Å². The normalized spacial score (nSPS) is 28.0. The fourth-order valence-corrected chi connectivity index (χ4v) is 18.4. The molecule has 13 fully saturated rings. The Morgan fingerprint density at radius 3 is 1.26 bits per heavy atom. The van der Waals surface area contributed by atoms with Crippen molar-refractivity contribution in [2.45, 2.75) is 475 Å². The van der Waals surface area contributed by atoms with Crippen molar-refractivity contribution in [1.29, 1.82) is 0 Å². The molecule has 8 unspecified atom stereocenters. The maximum atomic E-state index is 12.8. The van der Waals surface area contributed by atoms with Crippen molar-refractivity contribution in [3.8, 4) is 0 Å². The number of fused-ring (bicyclic) bond motifs is 1. The lowest BCUT2D eigenvalue weighted by atomic mass is 9.47. The number of carbonyl (C=O) groups is 8. The van der Waals surface area contributed by atoms with E-state index in [1.807, 2.05) is 118 Å². The molecular weight excluding hydrogens is 1480 g/mol. The van der Waals surface area contributed by atoms with Crippen LogP contribution < -0.4 is 0 Å². The van der Waals surface area contributed by atoms with E-state index in [1.54, 1.807) is 0 Å². The van der Waals surface area contributed by atoms with Gasteiger partial charge in [-0.1, -0.05) is 197 Å². The minimum absolute atomic E-state index is 0. The largest absolute Gasteiger partial charge is 0.508 e. The van der Waals surface area contributed by atoms with Gasteiger partial charge in [0.15, 0.2) is 6.10 Å². The highest BCUT2D eigenvalue weighted by Crippen LogP contribution is 2.63. The third kappa shape index (κ3) is 31.4. The minimum Gasteiger partial charge on any atom is -0.465 e. The van der Waals surface area contributed by atoms with Gasteiger partial charge in [-0.15, -0.1) is 0 Å². The second-order valence-electron chi connectivity index (χ2n) is 38.8. The number of esters is 7. The van der Waals surface area contributed by atoms with Crippen LogP contribution in [0.5, 0.6) is 0 Å². The molecule has 2 heterocycles. The summed E-state index contributed by atoms with van der Waals surface area (Å²) in [5.74, 6) is 5.08. The molecule has 8 atom stereocenters. The van der Waals surface area contributed by atoms with Crippen molar-refractivity contribution < 1.29 is 86.1 Å². The van der Waals surface area contributed by atoms with Gasteiger partial charge >= 0.3 is 47.9 Å². The van der Waals surface area contributed by atoms with Gasteiger partial charge in [-0.05, 0) is 278 Å². The lowest BCUT2D eigenvalue weighted by molar-refractivity contribution is -0.231. The predicted molar refractivity (Wildman–Crippen MR) is 487 cm³/mol. The van der Waals surface area contributed by atoms with E-state index in [0.29, 0.717) is 66.8 Å². The monoisotopic (exact) mass is 1670 g/mol. The predicted octanol–water partition coefficient (Wildman–Crippen LogP) is 27.2. The van der Waals surface area contributed by atoms with Gasteiger partial charge in [-0.25, -0.2) is 4.79 Å². The van der Waals surface area contributed by atoms with Crippen LogP contribution in [0.15, 0.2) is 0 Å². The lowest BCUT2D eigenvalue weighted by Crippen LogP contribution is -2.63. The van der Waals surface area contributed by atoms with E-state index in [1.165, 1.54) is 83.5 Å². The zero-order chi connectivity index (χ0) is 78.7. The third-order valence-electron chi connectivity index (χ3n) is 27.7. The molecule has 11 saturated carbocycles. The molecule has 0 aromatic carbocycles. The molecule has 18 heteroatoms. The SMILES string of the molecule is C.C.C.C.C.C.C.C.C.C.C.C.CCC(C)(C)C(=O)OC1(C(C)C)C2CC3CC(C2)CC1C3.CCC(C)(C)C(=O)OC1(C(C)C)CCCC1.CCC(C)(C)C(=O)OC12CC3CC(CC(O)(C3)C1)C2.CCC(C)(C)C(=O)OC1C2CC3C(=O)OC1C3C2.CCC(C)(C)C(=O)OCC1COC(=O)O1.CCCCCCCCOC(=O)C(C)(C)CC. The molecule has 0 aromatic heterocycles. The maximum absolute atomic E-state index is 12.8. The van der Waals surface area contributed by atoms with Crippen molar-refractivity contribution in [2.75, 3.05) is 19.8 Å². The van der Waals surface area contributed by atoms with Gasteiger partial charge in [0.05, 0.1) is 50.6 Å². The lowest BCUT2D eigenvalue weighted by Gasteiger charge is -2.62. The van der Waals surface area contributed by atoms with Crippen LogP contribution in [-0.4, -0.2) is 114 Å². The van der Waals surface area contributed by atoms with Crippen LogP contribution in [0.25, 0.3) is 0 Å². The molecule has 18 nitrogen and oxygen atoms in total. The standard InChI is InChI=1S/C19H32O2.C16H26O3.C14H20O4.C14H26O2.C14H28O2.C10H16O5.12CH4/c1-6-18(4,5)17(20)21-19(12(2)3)15-8-13-7-14(10-15)11-16(19)9-13;1-4-14(2,3)13(17)19-16-8-11-5-12(9-16)7-15(18,6-11)10-16;1-4-14(2,3)13(16)18-10-7-5-8-9(6-7)12(15)17-11(8)10;1-6-13(4,5)12(15)16-14(11(2)3)9-7-8-10-14;1-5-7-8-9-10-11-12-16-13(15)14(3,4)6-2;1-4-10(2,3)8(11)13-5-7-6-14-9(12)15-7;;;;;;;;;;;;/h12-16H,6-11H2,1-5H3;11-12,18H,4-10H2,1-3H3;7-11H,4-6H2,1-3H3;11H,6-10H2,1-5H3;5-12H2,1-4H3;7H,4-6H2,1-3H3;12*1H4. The van der Waals surface area contributed by atoms with Crippen LogP contribution in [-0.2, 0) is 76.2 Å². The Labute approximate surface area is 723 Å². The number of aliphatic hydroxyl groups is 1. The van der Waals surface area contributed by atoms with E-state index < -0.39 is 34.1 Å². The Hall–Kier alpha value is -4.48. The summed E-state index contributed by atoms with van der Waals surface area (Å²) < 4.78 is 48.9. The first-order valence-electron chi connectivity index (χ1n) is 41.8. The average Bonchev–Trinajstić information content (AvgIpc) is 1.39. The molecule has 10 bridgehead atoms. The Balaban J connectivity index is -0.000000244. The van der Waals surface area contributed by atoms with Crippen LogP contribution in [0.3, 0.4) is 0 Å². The highest BCUT2D eigenvalue weighted by Gasteiger charge is 2.65. The van der Waals surface area contributed by atoms with Crippen LogP contribution in [0.4, 0.5) is 4.79 Å². The summed E-state index contributed by atoms with van der Waals surface area (Å²) in [6, 6.07) is 0. The average molecular weight is 1670 g/mol. The van der Waals surface area contributed by atoms with Crippen LogP contribution in [0.2, 0.25) is 0 Å². The topological polar surface area (TPSA) is 240 Å². The summed E-state index contributed by atoms with van der Waals surface area (Å²) in [6.45, 7) is 47.1. The fraction of sp³-hybridized carbons (Fsp3) is 0.919.